The number of methoxy groups -OCH3 is 3. The summed E-state index contributed by atoms with van der Waals surface area (Å²) in [5, 5.41) is 3.18. The molecule has 0 aromatic heterocycles. The lowest BCUT2D eigenvalue weighted by atomic mass is 9.84. The average Bonchev–Trinajstić information content (AvgIpc) is 2.76. The van der Waals surface area contributed by atoms with E-state index in [1.807, 2.05) is 31.2 Å². The molecule has 0 aliphatic carbocycles. The summed E-state index contributed by atoms with van der Waals surface area (Å²) >= 11 is 0. The zero-order chi connectivity index (χ0) is 23.2. The second-order valence-electron chi connectivity index (χ2n) is 8.49. The summed E-state index contributed by atoms with van der Waals surface area (Å²) in [6.45, 7) is 8.82. The predicted molar refractivity (Wildman–Crippen MR) is 124 cm³/mol. The number of carbonyl (C=O) groups is 1. The van der Waals surface area contributed by atoms with Crippen molar-refractivity contribution >= 4 is 17.2 Å². The third-order valence-electron chi connectivity index (χ3n) is 6.02. The molecular formula is C25H30N2O5. The van der Waals surface area contributed by atoms with Crippen LogP contribution in [0.2, 0.25) is 0 Å². The highest BCUT2D eigenvalue weighted by atomic mass is 16.5. The Morgan fingerprint density at radius 2 is 1.62 bits per heavy atom. The molecule has 4 rings (SSSR count). The first-order valence-electron chi connectivity index (χ1n) is 10.7. The van der Waals surface area contributed by atoms with Crippen LogP contribution >= 0.6 is 0 Å². The predicted octanol–water partition coefficient (Wildman–Crippen LogP) is 4.56. The van der Waals surface area contributed by atoms with Gasteiger partial charge in [-0.3, -0.25) is 4.79 Å². The van der Waals surface area contributed by atoms with Gasteiger partial charge in [-0.25, -0.2) is 0 Å². The van der Waals surface area contributed by atoms with Crippen LogP contribution in [0.25, 0.3) is 5.57 Å². The third kappa shape index (κ3) is 3.32. The average molecular weight is 439 g/mol. The number of amides is 1. The van der Waals surface area contributed by atoms with E-state index in [0.29, 0.717) is 35.2 Å². The Kier molecular flexibility index (Phi) is 5.44. The van der Waals surface area contributed by atoms with Crippen LogP contribution in [0, 0.1) is 0 Å². The molecule has 0 fully saturated rings. The molecule has 0 saturated heterocycles. The molecule has 32 heavy (non-hydrogen) atoms. The van der Waals surface area contributed by atoms with Gasteiger partial charge >= 0.3 is 0 Å². The molecule has 2 aliphatic heterocycles. The van der Waals surface area contributed by atoms with Crippen molar-refractivity contribution in [3.63, 3.8) is 0 Å². The highest BCUT2D eigenvalue weighted by Crippen LogP contribution is 2.50. The molecule has 2 aromatic carbocycles. The van der Waals surface area contributed by atoms with Gasteiger partial charge < -0.3 is 29.2 Å². The van der Waals surface area contributed by atoms with Gasteiger partial charge in [0, 0.05) is 11.1 Å². The lowest BCUT2D eigenvalue weighted by Gasteiger charge is -2.51. The summed E-state index contributed by atoms with van der Waals surface area (Å²) in [7, 11) is 4.74. The number of hydrogen-bond donors (Lipinski definition) is 1. The molecule has 1 amide bonds. The number of rotatable bonds is 6. The van der Waals surface area contributed by atoms with E-state index in [4.69, 9.17) is 18.9 Å². The van der Waals surface area contributed by atoms with E-state index in [0.717, 1.165) is 22.4 Å². The second-order valence-corrected chi connectivity index (χ2v) is 8.49. The van der Waals surface area contributed by atoms with E-state index in [1.54, 1.807) is 21.3 Å². The van der Waals surface area contributed by atoms with Crippen LogP contribution in [0.5, 0.6) is 23.0 Å². The highest BCUT2D eigenvalue weighted by molar-refractivity contribution is 6.06. The monoisotopic (exact) mass is 438 g/mol. The van der Waals surface area contributed by atoms with E-state index in [2.05, 4.69) is 37.1 Å². The number of carbonyl (C=O) groups excluding carboxylic acids is 1. The van der Waals surface area contributed by atoms with Crippen molar-refractivity contribution < 1.29 is 23.7 Å². The van der Waals surface area contributed by atoms with Crippen molar-refractivity contribution in [2.24, 2.45) is 0 Å². The molecule has 1 N–H and O–H groups in total. The van der Waals surface area contributed by atoms with E-state index < -0.39 is 6.17 Å². The van der Waals surface area contributed by atoms with Crippen LogP contribution in [-0.2, 0) is 0 Å². The lowest BCUT2D eigenvalue weighted by Crippen LogP contribution is -2.56. The fourth-order valence-electron chi connectivity index (χ4n) is 4.78. The number of nitrogens with zero attached hydrogens (tertiary/aromatic N) is 1. The van der Waals surface area contributed by atoms with Gasteiger partial charge in [-0.2, -0.15) is 0 Å². The van der Waals surface area contributed by atoms with Crippen LogP contribution in [0.3, 0.4) is 0 Å². The number of ether oxygens (including phenoxy) is 4. The molecule has 0 radical (unpaired) electrons. The molecule has 0 spiro atoms. The normalized spacial score (nSPS) is 18.3. The van der Waals surface area contributed by atoms with Crippen molar-refractivity contribution in [3.8, 4) is 23.0 Å². The summed E-state index contributed by atoms with van der Waals surface area (Å²) in [5.74, 6) is 2.13. The summed E-state index contributed by atoms with van der Waals surface area (Å²) in [6, 6.07) is 7.60. The maximum Gasteiger partial charge on any atom is 0.255 e. The summed E-state index contributed by atoms with van der Waals surface area (Å²) in [4.78, 5) is 15.6. The number of anilines is 1. The maximum absolute atomic E-state index is 13.3. The number of nitrogens with one attached hydrogen (secondary N) is 1. The molecule has 1 atom stereocenters. The van der Waals surface area contributed by atoms with E-state index in [9.17, 15) is 4.79 Å². The van der Waals surface area contributed by atoms with Gasteiger partial charge in [0.2, 0.25) is 5.75 Å². The molecule has 170 valence electrons. The summed E-state index contributed by atoms with van der Waals surface area (Å²) in [6.07, 6.45) is 1.79. The Morgan fingerprint density at radius 3 is 2.19 bits per heavy atom. The van der Waals surface area contributed by atoms with Gasteiger partial charge in [0.1, 0.15) is 11.9 Å². The largest absolute Gasteiger partial charge is 0.494 e. The molecule has 7 heteroatoms. The van der Waals surface area contributed by atoms with E-state index >= 15 is 0 Å². The number of allylic oxidation sites excluding steroid dienone is 1. The fourth-order valence-corrected chi connectivity index (χ4v) is 4.78. The first-order valence-corrected chi connectivity index (χ1v) is 10.7. The zero-order valence-corrected chi connectivity index (χ0v) is 19.7. The quantitative estimate of drug-likeness (QED) is 0.713. The van der Waals surface area contributed by atoms with Crippen molar-refractivity contribution in [3.05, 3.63) is 47.0 Å². The van der Waals surface area contributed by atoms with Crippen LogP contribution in [0.15, 0.2) is 30.3 Å². The molecular weight excluding hydrogens is 408 g/mol. The molecule has 2 aromatic rings. The van der Waals surface area contributed by atoms with Gasteiger partial charge in [0.15, 0.2) is 11.5 Å². The maximum atomic E-state index is 13.3. The fraction of sp³-hybridized carbons (Fsp3) is 0.400. The van der Waals surface area contributed by atoms with Crippen molar-refractivity contribution in [1.29, 1.82) is 0 Å². The van der Waals surface area contributed by atoms with Gasteiger partial charge in [-0.1, -0.05) is 6.08 Å². The molecule has 2 heterocycles. The summed E-state index contributed by atoms with van der Waals surface area (Å²) in [5.41, 5.74) is 4.09. The SMILES string of the molecule is CCOc1cc2c3c(c1)C(C)=CC(C)(C)N3C(c1cc(OC)c(OC)c(OC)c1)NC2=O. The zero-order valence-electron chi connectivity index (χ0n) is 19.7. The standard InChI is InChI=1S/C25H30N2O5/c1-8-32-16-11-17-14(2)13-25(3,4)27-21(17)18(12-16)24(28)26-23(27)15-9-19(29-5)22(31-7)20(10-15)30-6/h9-13,23H,8H2,1-7H3,(H,26,28). The Hall–Kier alpha value is -3.35. The molecule has 0 bridgehead atoms. The van der Waals surface area contributed by atoms with Gasteiger partial charge in [-0.05, 0) is 57.5 Å². The van der Waals surface area contributed by atoms with Crippen molar-refractivity contribution in [2.45, 2.75) is 39.4 Å². The van der Waals surface area contributed by atoms with Crippen LogP contribution < -0.4 is 29.2 Å². The Balaban J connectivity index is 1.94. The Labute approximate surface area is 188 Å². The summed E-state index contributed by atoms with van der Waals surface area (Å²) < 4.78 is 22.3. The topological polar surface area (TPSA) is 69.3 Å². The number of hydrogen-bond acceptors (Lipinski definition) is 6. The smallest absolute Gasteiger partial charge is 0.255 e. The van der Waals surface area contributed by atoms with E-state index in [1.165, 1.54) is 0 Å². The van der Waals surface area contributed by atoms with Crippen LogP contribution in [0.1, 0.15) is 55.3 Å². The molecule has 2 aliphatic rings. The van der Waals surface area contributed by atoms with Crippen molar-refractivity contribution in [1.82, 2.24) is 5.32 Å². The minimum absolute atomic E-state index is 0.150. The van der Waals surface area contributed by atoms with Gasteiger partial charge in [0.25, 0.3) is 5.91 Å². The minimum Gasteiger partial charge on any atom is -0.494 e. The van der Waals surface area contributed by atoms with Gasteiger partial charge in [0.05, 0.1) is 44.7 Å². The molecule has 0 saturated carbocycles. The first-order chi connectivity index (χ1) is 15.2. The molecule has 7 nitrogen and oxygen atoms in total. The van der Waals surface area contributed by atoms with E-state index in [-0.39, 0.29) is 11.4 Å². The number of benzene rings is 2. The third-order valence-corrected chi connectivity index (χ3v) is 6.02. The van der Waals surface area contributed by atoms with Crippen molar-refractivity contribution in [2.75, 3.05) is 32.8 Å². The lowest BCUT2D eigenvalue weighted by molar-refractivity contribution is 0.0920. The first kappa shape index (κ1) is 21.9. The highest BCUT2D eigenvalue weighted by Gasteiger charge is 2.44. The van der Waals surface area contributed by atoms with Gasteiger partial charge in [-0.15, -0.1) is 0 Å². The Morgan fingerprint density at radius 1 is 1.00 bits per heavy atom. The Bertz CT molecular complexity index is 1080. The molecule has 1 unspecified atom stereocenters. The van der Waals surface area contributed by atoms with Crippen LogP contribution in [-0.4, -0.2) is 39.4 Å². The minimum atomic E-state index is -0.431. The second kappa shape index (κ2) is 7.97. The van der Waals surface area contributed by atoms with Crippen LogP contribution in [0.4, 0.5) is 5.69 Å².